The van der Waals surface area contributed by atoms with Crippen molar-refractivity contribution in [2.24, 2.45) is 28.6 Å². The Morgan fingerprint density at radius 3 is 2.60 bits per heavy atom. The number of rotatable bonds is 6. The molecule has 6 unspecified atom stereocenters. The molecule has 0 aliphatic heterocycles. The Morgan fingerprint density at radius 2 is 1.86 bits per heavy atom. The highest BCUT2D eigenvalue weighted by molar-refractivity contribution is 5.82. The summed E-state index contributed by atoms with van der Waals surface area (Å²) in [7, 11) is 1.70. The lowest BCUT2D eigenvalue weighted by Gasteiger charge is -2.57. The van der Waals surface area contributed by atoms with Gasteiger partial charge in [-0.2, -0.15) is 0 Å². The third kappa shape index (κ3) is 4.27. The number of benzene rings is 1. The third-order valence-electron chi connectivity index (χ3n) is 9.99. The van der Waals surface area contributed by atoms with Crippen LogP contribution in [0, 0.1) is 28.6 Å². The molecule has 1 aromatic carbocycles. The Labute approximate surface area is 211 Å². The van der Waals surface area contributed by atoms with Crippen LogP contribution in [0.3, 0.4) is 0 Å². The molecule has 1 aromatic rings. The average Bonchev–Trinajstić information content (AvgIpc) is 3.21. The molecule has 0 bridgehead atoms. The summed E-state index contributed by atoms with van der Waals surface area (Å²) in [4.78, 5) is 3.56. The summed E-state index contributed by atoms with van der Waals surface area (Å²) in [6.45, 7) is 9.83. The summed E-state index contributed by atoms with van der Waals surface area (Å²) >= 11 is 0. The van der Waals surface area contributed by atoms with Gasteiger partial charge in [-0.3, -0.25) is 0 Å². The van der Waals surface area contributed by atoms with E-state index in [1.54, 1.807) is 12.7 Å². The molecule has 0 spiro atoms. The fourth-order valence-corrected chi connectivity index (χ4v) is 8.02. The minimum absolute atomic E-state index is 0.132. The number of hydrogen-bond acceptors (Lipinski definition) is 2. The van der Waals surface area contributed by atoms with Crippen molar-refractivity contribution in [3.63, 3.8) is 0 Å². The molecule has 2 saturated carbocycles. The largest absolute Gasteiger partial charge is 0.497 e. The van der Waals surface area contributed by atoms with E-state index in [4.69, 9.17) is 4.74 Å². The zero-order valence-electron chi connectivity index (χ0n) is 21.7. The minimum atomic E-state index is -0.132. The van der Waals surface area contributed by atoms with Crippen LogP contribution in [-0.2, 0) is 6.54 Å². The standard InChI is InChI=1S/C32H41NO2/c1-5-6-23(21-33-20-22-7-10-26(35-4)11-8-22)28-13-14-29-27-12-9-24-19-25(34)15-17-31(24,2)30(27)16-18-32(28,29)3/h5-11,13,21,25,27,29-30,34H,1,12,14-20H2,2-4H3/p+1/b23-6+,33-21?. The number of aliphatic hydroxyl groups excluding tert-OH is 1. The van der Waals surface area contributed by atoms with Crippen molar-refractivity contribution in [2.75, 3.05) is 7.11 Å². The van der Waals surface area contributed by atoms with Crippen molar-refractivity contribution in [3.05, 3.63) is 77.4 Å². The summed E-state index contributed by atoms with van der Waals surface area (Å²) in [5.74, 6) is 3.08. The molecule has 2 fully saturated rings. The van der Waals surface area contributed by atoms with Crippen molar-refractivity contribution in [1.82, 2.24) is 0 Å². The Morgan fingerprint density at radius 1 is 1.09 bits per heavy atom. The molecule has 2 N–H and O–H groups in total. The monoisotopic (exact) mass is 472 g/mol. The Hall–Kier alpha value is -2.39. The topological polar surface area (TPSA) is 43.4 Å². The van der Waals surface area contributed by atoms with E-state index < -0.39 is 0 Å². The summed E-state index contributed by atoms with van der Waals surface area (Å²) in [6.07, 6.45) is 19.1. The van der Waals surface area contributed by atoms with Gasteiger partial charge in [-0.15, -0.1) is 0 Å². The molecule has 3 heteroatoms. The van der Waals surface area contributed by atoms with Crippen molar-refractivity contribution in [1.29, 1.82) is 0 Å². The fourth-order valence-electron chi connectivity index (χ4n) is 8.02. The molecular formula is C32H42NO2+. The molecule has 3 nitrogen and oxygen atoms in total. The molecule has 4 aliphatic carbocycles. The molecule has 35 heavy (non-hydrogen) atoms. The number of hydrogen-bond donors (Lipinski definition) is 2. The first-order chi connectivity index (χ1) is 16.9. The molecule has 0 heterocycles. The molecule has 0 saturated heterocycles. The van der Waals surface area contributed by atoms with Crippen molar-refractivity contribution < 1.29 is 14.8 Å². The number of ether oxygens (including phenoxy) is 1. The lowest BCUT2D eigenvalue weighted by Crippen LogP contribution is -2.67. The summed E-state index contributed by atoms with van der Waals surface area (Å²) < 4.78 is 5.28. The molecule has 6 atom stereocenters. The van der Waals surface area contributed by atoms with Gasteiger partial charge in [-0.25, -0.2) is 4.99 Å². The van der Waals surface area contributed by atoms with Gasteiger partial charge in [0, 0.05) is 11.1 Å². The van der Waals surface area contributed by atoms with Crippen molar-refractivity contribution in [3.8, 4) is 5.75 Å². The number of nitrogens with one attached hydrogen (secondary N) is 1. The van der Waals surface area contributed by atoms with Gasteiger partial charge in [0.2, 0.25) is 0 Å². The molecular weight excluding hydrogens is 430 g/mol. The number of allylic oxidation sites excluding steroid dienone is 6. The normalized spacial score (nSPS) is 36.6. The second kappa shape index (κ2) is 9.58. The van der Waals surface area contributed by atoms with Gasteiger partial charge >= 0.3 is 0 Å². The van der Waals surface area contributed by atoms with Crippen molar-refractivity contribution in [2.45, 2.75) is 71.4 Å². The van der Waals surface area contributed by atoms with Crippen LogP contribution in [0.2, 0.25) is 0 Å². The lowest BCUT2D eigenvalue weighted by molar-refractivity contribution is -0.469. The summed E-state index contributed by atoms with van der Waals surface area (Å²) in [6, 6.07) is 8.25. The highest BCUT2D eigenvalue weighted by Crippen LogP contribution is 2.65. The predicted molar refractivity (Wildman–Crippen MR) is 143 cm³/mol. The predicted octanol–water partition coefficient (Wildman–Crippen LogP) is 5.32. The van der Waals surface area contributed by atoms with Gasteiger partial charge in [0.05, 0.1) is 13.2 Å². The summed E-state index contributed by atoms with van der Waals surface area (Å²) in [5.41, 5.74) is 6.07. The first kappa shape index (κ1) is 24.3. The average molecular weight is 473 g/mol. The van der Waals surface area contributed by atoms with Crippen LogP contribution in [0.15, 0.2) is 71.9 Å². The Kier molecular flexibility index (Phi) is 6.65. The van der Waals surface area contributed by atoms with Gasteiger partial charge in [-0.1, -0.05) is 44.2 Å². The second-order valence-electron chi connectivity index (χ2n) is 11.7. The van der Waals surface area contributed by atoms with Gasteiger partial charge < -0.3 is 9.84 Å². The van der Waals surface area contributed by atoms with Gasteiger partial charge in [-0.05, 0) is 109 Å². The fraction of sp³-hybridized carbons (Fsp3) is 0.531. The lowest BCUT2D eigenvalue weighted by atomic mass is 9.47. The van der Waals surface area contributed by atoms with Crippen LogP contribution < -0.4 is 9.73 Å². The van der Waals surface area contributed by atoms with Gasteiger partial charge in [0.25, 0.3) is 0 Å². The van der Waals surface area contributed by atoms with Crippen LogP contribution in [0.25, 0.3) is 0 Å². The maximum atomic E-state index is 10.3. The molecule has 4 aliphatic rings. The quantitative estimate of drug-likeness (QED) is 0.334. The maximum absolute atomic E-state index is 10.3. The molecule has 186 valence electrons. The Balaban J connectivity index is 1.34. The zero-order chi connectivity index (χ0) is 24.6. The molecule has 5 rings (SSSR count). The van der Waals surface area contributed by atoms with E-state index in [1.165, 1.54) is 42.4 Å². The first-order valence-corrected chi connectivity index (χ1v) is 13.5. The highest BCUT2D eigenvalue weighted by atomic mass is 16.5. The van der Waals surface area contributed by atoms with E-state index in [2.05, 4.69) is 62.0 Å². The smallest absolute Gasteiger partial charge is 0.169 e. The first-order valence-electron chi connectivity index (χ1n) is 13.5. The van der Waals surface area contributed by atoms with Crippen LogP contribution in [0.1, 0.15) is 64.4 Å². The van der Waals surface area contributed by atoms with E-state index in [1.807, 2.05) is 18.2 Å². The van der Waals surface area contributed by atoms with Crippen LogP contribution in [0.4, 0.5) is 0 Å². The van der Waals surface area contributed by atoms with Gasteiger partial charge in [0.15, 0.2) is 12.8 Å². The SMILES string of the molecule is C=C/C=C(\C=[NH+]Cc1ccc(OC)cc1)C1=CCC2C3CC=C4CC(O)CCC4(C)C3CCC12C. The van der Waals surface area contributed by atoms with Crippen LogP contribution >= 0.6 is 0 Å². The Bertz CT molecular complexity index is 1080. The highest BCUT2D eigenvalue weighted by Gasteiger charge is 2.56. The number of fused-ring (bicyclic) bond motifs is 5. The number of aliphatic hydroxyl groups is 1. The van der Waals surface area contributed by atoms with Gasteiger partial charge in [0.1, 0.15) is 5.75 Å². The third-order valence-corrected chi connectivity index (χ3v) is 9.99. The summed E-state index contributed by atoms with van der Waals surface area (Å²) in [5, 5.41) is 10.3. The zero-order valence-corrected chi connectivity index (χ0v) is 21.7. The van der Waals surface area contributed by atoms with E-state index in [9.17, 15) is 5.11 Å². The van der Waals surface area contributed by atoms with E-state index >= 15 is 0 Å². The molecule has 0 amide bonds. The molecule has 0 radical (unpaired) electrons. The van der Waals surface area contributed by atoms with Crippen LogP contribution in [0.5, 0.6) is 5.75 Å². The molecule has 0 aromatic heterocycles. The van der Waals surface area contributed by atoms with Crippen molar-refractivity contribution >= 4 is 6.21 Å². The van der Waals surface area contributed by atoms with Crippen LogP contribution in [-0.4, -0.2) is 24.5 Å². The van der Waals surface area contributed by atoms with E-state index in [0.717, 1.165) is 43.4 Å². The van der Waals surface area contributed by atoms with E-state index in [0.29, 0.717) is 5.92 Å². The van der Waals surface area contributed by atoms with E-state index in [-0.39, 0.29) is 16.9 Å². The minimum Gasteiger partial charge on any atom is -0.497 e. The second-order valence-corrected chi connectivity index (χ2v) is 11.7. The maximum Gasteiger partial charge on any atom is 0.169 e. The number of methoxy groups -OCH3 is 1.